The van der Waals surface area contributed by atoms with Gasteiger partial charge in [-0.2, -0.15) is 13.2 Å². The summed E-state index contributed by atoms with van der Waals surface area (Å²) in [6.07, 6.45) is -3.68. The van der Waals surface area contributed by atoms with Crippen molar-refractivity contribution in [3.8, 4) is 0 Å². The summed E-state index contributed by atoms with van der Waals surface area (Å²) in [5, 5.41) is 3.39. The quantitative estimate of drug-likeness (QED) is 0.693. The third kappa shape index (κ3) is 4.83. The molecule has 0 spiro atoms. The molecule has 0 atom stereocenters. The van der Waals surface area contributed by atoms with Crippen LogP contribution in [0.15, 0.2) is 40.4 Å². The number of hydrogen-bond donors (Lipinski definition) is 2. The van der Waals surface area contributed by atoms with E-state index in [9.17, 15) is 18.0 Å². The van der Waals surface area contributed by atoms with E-state index in [0.29, 0.717) is 5.03 Å². The number of alkyl halides is 3. The summed E-state index contributed by atoms with van der Waals surface area (Å²) in [7, 11) is 2.10. The van der Waals surface area contributed by atoms with Gasteiger partial charge >= 0.3 is 6.18 Å². The van der Waals surface area contributed by atoms with Crippen LogP contribution >= 0.6 is 11.8 Å². The average Bonchev–Trinajstić information content (AvgIpc) is 3.12. The number of thioether (sulfide) groups is 1. The normalized spacial score (nSPS) is 19.1. The molecule has 7 nitrogen and oxygen atoms in total. The van der Waals surface area contributed by atoms with Gasteiger partial charge in [0.25, 0.3) is 5.91 Å². The number of carbonyl (C=O) groups excluding carboxylic acids is 1. The minimum absolute atomic E-state index is 0.173. The number of anilines is 1. The molecular formula is C20H21F3N6OS. The van der Waals surface area contributed by atoms with Crippen LogP contribution in [0.5, 0.6) is 0 Å². The molecule has 0 bridgehead atoms. The Kier molecular flexibility index (Phi) is 5.91. The molecular weight excluding hydrogens is 429 g/mol. The minimum Gasteiger partial charge on any atom is -0.365 e. The van der Waals surface area contributed by atoms with E-state index in [1.54, 1.807) is 0 Å². The maximum absolute atomic E-state index is 13.0. The Balaban J connectivity index is 1.59. The van der Waals surface area contributed by atoms with Crippen molar-refractivity contribution in [1.29, 1.82) is 0 Å². The largest absolute Gasteiger partial charge is 0.433 e. The van der Waals surface area contributed by atoms with E-state index in [1.165, 1.54) is 11.8 Å². The number of nitrogens with two attached hydrogens (primary N) is 1. The number of halogens is 3. The number of rotatable bonds is 4. The third-order valence-electron chi connectivity index (χ3n) is 5.15. The summed E-state index contributed by atoms with van der Waals surface area (Å²) < 4.78 is 39.1. The average molecular weight is 450 g/mol. The van der Waals surface area contributed by atoms with Crippen LogP contribution in [0, 0.1) is 0 Å². The van der Waals surface area contributed by atoms with E-state index in [-0.39, 0.29) is 11.4 Å². The zero-order valence-corrected chi connectivity index (χ0v) is 17.6. The number of nitrogens with one attached hydrogen (secondary N) is 1. The monoisotopic (exact) mass is 450 g/mol. The van der Waals surface area contributed by atoms with E-state index in [4.69, 9.17) is 5.73 Å². The maximum atomic E-state index is 13.0. The highest BCUT2D eigenvalue weighted by molar-refractivity contribution is 8.04. The second kappa shape index (κ2) is 8.48. The number of piperazine rings is 1. The van der Waals surface area contributed by atoms with Crippen LogP contribution in [0.4, 0.5) is 18.9 Å². The lowest BCUT2D eigenvalue weighted by Gasteiger charge is -2.32. The van der Waals surface area contributed by atoms with Gasteiger partial charge < -0.3 is 16.0 Å². The van der Waals surface area contributed by atoms with Crippen molar-refractivity contribution in [3.05, 3.63) is 52.6 Å². The second-order valence-corrected chi connectivity index (χ2v) is 8.52. The lowest BCUT2D eigenvalue weighted by molar-refractivity contribution is -0.141. The van der Waals surface area contributed by atoms with E-state index in [2.05, 4.69) is 32.1 Å². The predicted octanol–water partition coefficient (Wildman–Crippen LogP) is 2.61. The van der Waals surface area contributed by atoms with Crippen LogP contribution in [0.1, 0.15) is 17.1 Å². The lowest BCUT2D eigenvalue weighted by Crippen LogP contribution is -2.43. The molecule has 4 rings (SSSR count). The third-order valence-corrected chi connectivity index (χ3v) is 6.22. The zero-order chi connectivity index (χ0) is 22.2. The molecule has 11 heteroatoms. The molecule has 0 aliphatic carbocycles. The van der Waals surface area contributed by atoms with Gasteiger partial charge in [0, 0.05) is 43.8 Å². The Bertz CT molecular complexity index is 1030. The first kappa shape index (κ1) is 21.6. The summed E-state index contributed by atoms with van der Waals surface area (Å²) in [5.74, 6) is -1.26. The molecule has 0 unspecified atom stereocenters. The van der Waals surface area contributed by atoms with Crippen molar-refractivity contribution < 1.29 is 18.0 Å². The maximum Gasteiger partial charge on any atom is 0.433 e. The van der Waals surface area contributed by atoms with Crippen LogP contribution in [-0.2, 0) is 17.5 Å². The highest BCUT2D eigenvalue weighted by Crippen LogP contribution is 2.44. The molecule has 1 saturated heterocycles. The number of aromatic nitrogens is 2. The molecule has 2 aliphatic rings. The molecule has 31 heavy (non-hydrogen) atoms. The van der Waals surface area contributed by atoms with Crippen molar-refractivity contribution >= 4 is 28.9 Å². The van der Waals surface area contributed by atoms with Gasteiger partial charge in [-0.05, 0) is 30.8 Å². The van der Waals surface area contributed by atoms with Crippen molar-refractivity contribution in [2.45, 2.75) is 17.6 Å². The number of carbonyl (C=O) groups is 1. The van der Waals surface area contributed by atoms with Gasteiger partial charge in [-0.15, -0.1) is 0 Å². The van der Waals surface area contributed by atoms with Crippen molar-refractivity contribution in [2.24, 2.45) is 5.73 Å². The number of fused-ring (bicyclic) bond motifs is 1. The fourth-order valence-electron chi connectivity index (χ4n) is 3.45. The van der Waals surface area contributed by atoms with Crippen LogP contribution in [0.25, 0.3) is 5.57 Å². The Morgan fingerprint density at radius 1 is 1.23 bits per heavy atom. The Morgan fingerprint density at radius 3 is 2.65 bits per heavy atom. The minimum atomic E-state index is -4.65. The Labute approximate surface area is 181 Å². The highest BCUT2D eigenvalue weighted by atomic mass is 32.2. The number of likely N-dealkylation sites (N-methyl/N-ethyl adjacent to an activating group) is 1. The molecule has 3 N–H and O–H groups in total. The smallest absolute Gasteiger partial charge is 0.365 e. The van der Waals surface area contributed by atoms with Crippen molar-refractivity contribution in [3.63, 3.8) is 0 Å². The first-order valence-electron chi connectivity index (χ1n) is 9.64. The van der Waals surface area contributed by atoms with Crippen LogP contribution in [0.3, 0.4) is 0 Å². The summed E-state index contributed by atoms with van der Waals surface area (Å²) in [5.41, 5.74) is 6.06. The standard InChI is InChI=1S/C20H21F3N6OS/c1-28-6-8-29(9-7-28)11-12-2-3-13-14(10-12)31-19(26-13)16(17(24)30)18-25-5-4-15(27-18)20(21,22)23/h2-5,10,26H,6-9,11H2,1H3,(H2,24,30)/b19-16-. The number of nitrogens with zero attached hydrogens (tertiary/aromatic N) is 4. The Morgan fingerprint density at radius 2 is 1.97 bits per heavy atom. The SMILES string of the molecule is CN1CCN(Cc2ccc3c(c2)S/C(=C(/C(N)=O)c2nccc(C(F)(F)F)n2)N3)CC1. The topological polar surface area (TPSA) is 87.4 Å². The highest BCUT2D eigenvalue weighted by Gasteiger charge is 2.34. The van der Waals surface area contributed by atoms with Gasteiger partial charge in [0.2, 0.25) is 0 Å². The fourth-order valence-corrected chi connectivity index (χ4v) is 4.56. The molecule has 1 fully saturated rings. The van der Waals surface area contributed by atoms with Crippen LogP contribution in [0.2, 0.25) is 0 Å². The van der Waals surface area contributed by atoms with Crippen LogP contribution in [-0.4, -0.2) is 58.9 Å². The lowest BCUT2D eigenvalue weighted by atomic mass is 10.1. The van der Waals surface area contributed by atoms with Gasteiger partial charge in [0.1, 0.15) is 11.3 Å². The summed E-state index contributed by atoms with van der Waals surface area (Å²) >= 11 is 1.24. The van der Waals surface area contributed by atoms with Gasteiger partial charge in [0.15, 0.2) is 5.82 Å². The Hall–Kier alpha value is -2.63. The zero-order valence-electron chi connectivity index (χ0n) is 16.7. The van der Waals surface area contributed by atoms with Crippen molar-refractivity contribution in [2.75, 3.05) is 38.5 Å². The summed E-state index contributed by atoms with van der Waals surface area (Å²) in [6.45, 7) is 4.83. The first-order chi connectivity index (χ1) is 14.7. The van der Waals surface area contributed by atoms with E-state index in [1.807, 2.05) is 18.2 Å². The number of hydrogen-bond acceptors (Lipinski definition) is 7. The molecule has 2 aliphatic heterocycles. The molecule has 3 heterocycles. The van der Waals surface area contributed by atoms with Crippen molar-refractivity contribution in [1.82, 2.24) is 19.8 Å². The van der Waals surface area contributed by atoms with Gasteiger partial charge in [0.05, 0.1) is 10.7 Å². The molecule has 1 aromatic carbocycles. The number of primary amides is 1. The second-order valence-electron chi connectivity index (χ2n) is 7.47. The molecule has 1 aromatic heterocycles. The van der Waals surface area contributed by atoms with Gasteiger partial charge in [-0.1, -0.05) is 17.8 Å². The van der Waals surface area contributed by atoms with Gasteiger partial charge in [-0.25, -0.2) is 9.97 Å². The van der Waals surface area contributed by atoms with E-state index in [0.717, 1.165) is 61.1 Å². The molecule has 0 radical (unpaired) electrons. The first-order valence-corrected chi connectivity index (χ1v) is 10.5. The molecule has 2 aromatic rings. The van der Waals surface area contributed by atoms with Gasteiger partial charge in [-0.3, -0.25) is 9.69 Å². The molecule has 1 amide bonds. The van der Waals surface area contributed by atoms with Crippen LogP contribution < -0.4 is 11.1 Å². The van der Waals surface area contributed by atoms with E-state index >= 15 is 0 Å². The molecule has 164 valence electrons. The number of benzene rings is 1. The molecule has 0 saturated carbocycles. The fraction of sp³-hybridized carbons (Fsp3) is 0.350. The summed E-state index contributed by atoms with van der Waals surface area (Å²) in [4.78, 5) is 25.0. The van der Waals surface area contributed by atoms with E-state index < -0.39 is 17.8 Å². The number of amides is 1. The summed E-state index contributed by atoms with van der Waals surface area (Å²) in [6, 6.07) is 6.66. The predicted molar refractivity (Wildman–Crippen MR) is 112 cm³/mol.